The van der Waals surface area contributed by atoms with Gasteiger partial charge in [-0.15, -0.1) is 0 Å². The molecule has 0 radical (unpaired) electrons. The smallest absolute Gasteiger partial charge is 0.251 e. The molecule has 1 unspecified atom stereocenters. The van der Waals surface area contributed by atoms with Gasteiger partial charge in [-0.25, -0.2) is 0 Å². The molecule has 112 valence electrons. The van der Waals surface area contributed by atoms with Crippen LogP contribution in [0.1, 0.15) is 56.5 Å². The first kappa shape index (κ1) is 16.7. The van der Waals surface area contributed by atoms with E-state index in [0.29, 0.717) is 19.0 Å². The standard InChI is InChI=1S/C17H28N2O/c1-5-13(10-11-18)12-19-16(20)14-6-8-15(9-7-14)17(2,3)4/h6-9,13H,5,10-12,18H2,1-4H3,(H,19,20). The summed E-state index contributed by atoms with van der Waals surface area (Å²) in [5, 5.41) is 3.00. The maximum absolute atomic E-state index is 12.1. The van der Waals surface area contributed by atoms with Gasteiger partial charge in [0.25, 0.3) is 5.91 Å². The number of hydrogen-bond donors (Lipinski definition) is 2. The van der Waals surface area contributed by atoms with Crippen LogP contribution in [0.3, 0.4) is 0 Å². The molecule has 1 atom stereocenters. The van der Waals surface area contributed by atoms with Gasteiger partial charge in [0.1, 0.15) is 0 Å². The molecule has 1 rings (SSSR count). The third kappa shape index (κ3) is 4.97. The summed E-state index contributed by atoms with van der Waals surface area (Å²) in [5.41, 5.74) is 7.64. The monoisotopic (exact) mass is 276 g/mol. The van der Waals surface area contributed by atoms with Gasteiger partial charge in [0, 0.05) is 12.1 Å². The summed E-state index contributed by atoms with van der Waals surface area (Å²) in [6.45, 7) is 10.0. The van der Waals surface area contributed by atoms with Gasteiger partial charge in [-0.1, -0.05) is 46.2 Å². The molecule has 0 spiro atoms. The lowest BCUT2D eigenvalue weighted by Gasteiger charge is -2.19. The Kier molecular flexibility index (Phi) is 6.21. The fourth-order valence-corrected chi connectivity index (χ4v) is 2.15. The lowest BCUT2D eigenvalue weighted by Crippen LogP contribution is -2.30. The molecule has 20 heavy (non-hydrogen) atoms. The van der Waals surface area contributed by atoms with Crippen molar-refractivity contribution >= 4 is 5.91 Å². The van der Waals surface area contributed by atoms with Gasteiger partial charge in [0.15, 0.2) is 0 Å². The van der Waals surface area contributed by atoms with Crippen molar-refractivity contribution in [3.63, 3.8) is 0 Å². The Balaban J connectivity index is 2.60. The van der Waals surface area contributed by atoms with Gasteiger partial charge in [-0.05, 0) is 42.0 Å². The first-order valence-electron chi connectivity index (χ1n) is 7.47. The summed E-state index contributed by atoms with van der Waals surface area (Å²) in [5.74, 6) is 0.471. The highest BCUT2D eigenvalue weighted by Crippen LogP contribution is 2.22. The van der Waals surface area contributed by atoms with Gasteiger partial charge in [-0.3, -0.25) is 4.79 Å². The van der Waals surface area contributed by atoms with E-state index in [-0.39, 0.29) is 11.3 Å². The molecule has 1 aromatic rings. The SMILES string of the molecule is CCC(CCN)CNC(=O)c1ccc(C(C)(C)C)cc1. The molecule has 0 bridgehead atoms. The Morgan fingerprint density at radius 2 is 1.85 bits per heavy atom. The Bertz CT molecular complexity index is 418. The molecular formula is C17H28N2O. The molecule has 0 saturated heterocycles. The molecule has 0 aromatic heterocycles. The zero-order valence-corrected chi connectivity index (χ0v) is 13.2. The van der Waals surface area contributed by atoms with Gasteiger partial charge in [0.2, 0.25) is 0 Å². The maximum Gasteiger partial charge on any atom is 0.251 e. The lowest BCUT2D eigenvalue weighted by molar-refractivity contribution is 0.0946. The molecule has 0 saturated carbocycles. The number of hydrogen-bond acceptors (Lipinski definition) is 2. The number of amides is 1. The molecule has 1 amide bonds. The van der Waals surface area contributed by atoms with Gasteiger partial charge in [0.05, 0.1) is 0 Å². The minimum Gasteiger partial charge on any atom is -0.352 e. The lowest BCUT2D eigenvalue weighted by atomic mass is 9.86. The molecule has 3 N–H and O–H groups in total. The average molecular weight is 276 g/mol. The molecule has 0 aliphatic heterocycles. The topological polar surface area (TPSA) is 55.1 Å². The summed E-state index contributed by atoms with van der Waals surface area (Å²) in [7, 11) is 0. The summed E-state index contributed by atoms with van der Waals surface area (Å²) < 4.78 is 0. The van der Waals surface area contributed by atoms with Crippen LogP contribution in [0.5, 0.6) is 0 Å². The first-order chi connectivity index (χ1) is 9.38. The van der Waals surface area contributed by atoms with E-state index in [2.05, 4.69) is 33.0 Å². The molecule has 0 heterocycles. The largest absolute Gasteiger partial charge is 0.352 e. The molecule has 0 aliphatic carbocycles. The molecule has 3 nitrogen and oxygen atoms in total. The van der Waals surface area contributed by atoms with E-state index in [1.54, 1.807) is 0 Å². The fraction of sp³-hybridized carbons (Fsp3) is 0.588. The normalized spacial score (nSPS) is 13.1. The summed E-state index contributed by atoms with van der Waals surface area (Å²) in [6, 6.07) is 7.87. The van der Waals surface area contributed by atoms with Crippen molar-refractivity contribution in [3.8, 4) is 0 Å². The summed E-state index contributed by atoms with van der Waals surface area (Å²) in [6.07, 6.45) is 2.00. The third-order valence-electron chi connectivity index (χ3n) is 3.72. The van der Waals surface area contributed by atoms with Crippen molar-refractivity contribution in [2.45, 2.75) is 46.0 Å². The zero-order valence-electron chi connectivity index (χ0n) is 13.2. The van der Waals surface area contributed by atoms with E-state index in [1.165, 1.54) is 5.56 Å². The quantitative estimate of drug-likeness (QED) is 0.839. The molecule has 3 heteroatoms. The van der Waals surface area contributed by atoms with Crippen LogP contribution in [0.15, 0.2) is 24.3 Å². The first-order valence-corrected chi connectivity index (χ1v) is 7.47. The van der Waals surface area contributed by atoms with Crippen LogP contribution in [0.4, 0.5) is 0 Å². The Hall–Kier alpha value is -1.35. The number of nitrogens with two attached hydrogens (primary N) is 1. The summed E-state index contributed by atoms with van der Waals surface area (Å²) >= 11 is 0. The number of carbonyl (C=O) groups excluding carboxylic acids is 1. The van der Waals surface area contributed by atoms with E-state index in [1.807, 2.05) is 24.3 Å². The summed E-state index contributed by atoms with van der Waals surface area (Å²) in [4.78, 5) is 12.1. The number of benzene rings is 1. The van der Waals surface area contributed by atoms with Gasteiger partial charge >= 0.3 is 0 Å². The Morgan fingerprint density at radius 1 is 1.25 bits per heavy atom. The molecule has 0 aliphatic rings. The maximum atomic E-state index is 12.1. The zero-order chi connectivity index (χ0) is 15.2. The van der Waals surface area contributed by atoms with Crippen LogP contribution in [0.25, 0.3) is 0 Å². The number of nitrogens with one attached hydrogen (secondary N) is 1. The van der Waals surface area contributed by atoms with Gasteiger partial charge < -0.3 is 11.1 Å². The minimum atomic E-state index is 0.000862. The van der Waals surface area contributed by atoms with Crippen molar-refractivity contribution < 1.29 is 4.79 Å². The Labute approximate surface area is 122 Å². The predicted octanol–water partition coefficient (Wildman–Crippen LogP) is 3.09. The number of rotatable bonds is 6. The average Bonchev–Trinajstić information content (AvgIpc) is 2.42. The van der Waals surface area contributed by atoms with Crippen LogP contribution >= 0.6 is 0 Å². The van der Waals surface area contributed by atoms with E-state index in [4.69, 9.17) is 5.73 Å². The minimum absolute atomic E-state index is 0.000862. The predicted molar refractivity (Wildman–Crippen MR) is 84.9 cm³/mol. The second-order valence-electron chi connectivity index (χ2n) is 6.39. The third-order valence-corrected chi connectivity index (χ3v) is 3.72. The highest BCUT2D eigenvalue weighted by molar-refractivity contribution is 5.94. The van der Waals surface area contributed by atoms with E-state index in [0.717, 1.165) is 18.4 Å². The molecular weight excluding hydrogens is 248 g/mol. The van der Waals surface area contributed by atoms with Crippen molar-refractivity contribution in [1.29, 1.82) is 0 Å². The second-order valence-corrected chi connectivity index (χ2v) is 6.39. The van der Waals surface area contributed by atoms with E-state index in [9.17, 15) is 4.79 Å². The Morgan fingerprint density at radius 3 is 2.30 bits per heavy atom. The highest BCUT2D eigenvalue weighted by atomic mass is 16.1. The van der Waals surface area contributed by atoms with Gasteiger partial charge in [-0.2, -0.15) is 0 Å². The van der Waals surface area contributed by atoms with Crippen LogP contribution in [0, 0.1) is 5.92 Å². The van der Waals surface area contributed by atoms with Crippen LogP contribution in [-0.4, -0.2) is 19.0 Å². The number of carbonyl (C=O) groups is 1. The van der Waals surface area contributed by atoms with Crippen LogP contribution < -0.4 is 11.1 Å². The van der Waals surface area contributed by atoms with Crippen LogP contribution in [-0.2, 0) is 5.41 Å². The molecule has 1 aromatic carbocycles. The van der Waals surface area contributed by atoms with Crippen molar-refractivity contribution in [1.82, 2.24) is 5.32 Å². The van der Waals surface area contributed by atoms with E-state index >= 15 is 0 Å². The van der Waals surface area contributed by atoms with E-state index < -0.39 is 0 Å². The fourth-order valence-electron chi connectivity index (χ4n) is 2.15. The highest BCUT2D eigenvalue weighted by Gasteiger charge is 2.14. The molecule has 0 fully saturated rings. The van der Waals surface area contributed by atoms with Crippen molar-refractivity contribution in [2.24, 2.45) is 11.7 Å². The van der Waals surface area contributed by atoms with Crippen molar-refractivity contribution in [3.05, 3.63) is 35.4 Å². The second kappa shape index (κ2) is 7.44. The van der Waals surface area contributed by atoms with Crippen LogP contribution in [0.2, 0.25) is 0 Å². The van der Waals surface area contributed by atoms with Crippen molar-refractivity contribution in [2.75, 3.05) is 13.1 Å².